The lowest BCUT2D eigenvalue weighted by Gasteiger charge is -2.31. The molecule has 2 aliphatic rings. The van der Waals surface area contributed by atoms with Crippen LogP contribution in [0.25, 0.3) is 111 Å². The van der Waals surface area contributed by atoms with Crippen LogP contribution >= 0.6 is 0 Å². The van der Waals surface area contributed by atoms with Gasteiger partial charge in [0.05, 0.1) is 27.8 Å². The summed E-state index contributed by atoms with van der Waals surface area (Å²) in [5.74, 6) is 0. The predicted molar refractivity (Wildman–Crippen MR) is 276 cm³/mol. The van der Waals surface area contributed by atoms with E-state index in [-0.39, 0.29) is 0 Å². The van der Waals surface area contributed by atoms with Crippen molar-refractivity contribution in [1.29, 1.82) is 0 Å². The van der Waals surface area contributed by atoms with E-state index in [9.17, 15) is 0 Å². The second-order valence-electron chi connectivity index (χ2n) is 17.8. The van der Waals surface area contributed by atoms with E-state index in [1.807, 2.05) is 48.8 Å². The third kappa shape index (κ3) is 5.49. The highest BCUT2D eigenvalue weighted by Gasteiger charge is 2.51. The molecule has 0 N–H and O–H groups in total. The summed E-state index contributed by atoms with van der Waals surface area (Å²) in [5.41, 5.74) is 22.6. The van der Waals surface area contributed by atoms with Crippen molar-refractivity contribution < 1.29 is 0 Å². The Hall–Kier alpha value is -8.79. The summed E-state index contributed by atoms with van der Waals surface area (Å²) in [7, 11) is 0. The van der Waals surface area contributed by atoms with Crippen molar-refractivity contribution >= 4 is 32.6 Å². The molecule has 0 bridgehead atoms. The van der Waals surface area contributed by atoms with E-state index in [2.05, 4.69) is 193 Å². The summed E-state index contributed by atoms with van der Waals surface area (Å²) in [4.78, 5) is 14.9. The van der Waals surface area contributed by atoms with Gasteiger partial charge in [0.1, 0.15) is 0 Å². The Balaban J connectivity index is 0.971. The normalized spacial score (nSPS) is 12.9. The molecule has 3 nitrogen and oxygen atoms in total. The number of para-hydroxylation sites is 2. The molecular weight excluding hydrogens is 811 g/mol. The smallest absolute Gasteiger partial charge is 0.0973 e. The predicted octanol–water partition coefficient (Wildman–Crippen LogP) is 16.0. The first kappa shape index (κ1) is 37.6. The van der Waals surface area contributed by atoms with Gasteiger partial charge in [0.15, 0.2) is 0 Å². The second-order valence-corrected chi connectivity index (χ2v) is 17.8. The number of hydrogen-bond acceptors (Lipinski definition) is 3. The van der Waals surface area contributed by atoms with Gasteiger partial charge in [0.2, 0.25) is 0 Å². The standard InChI is InChI=1S/C64H39N3/c1-2-15-41(16-3-1)62-63(67-59-27-13-12-26-58(59)66-62)42-30-28-40(29-31-42)60-50-20-4-6-22-52(50)61(53-23-7-5-21-51(53)60)44-33-35-49-48-34-32-43(45-17-14-36-65-39-45)37-56(48)64(57(49)38-44)54-24-10-8-18-46(54)47-19-9-11-25-55(47)64/h1-39H. The van der Waals surface area contributed by atoms with Gasteiger partial charge in [-0.15, -0.1) is 0 Å². The minimum absolute atomic E-state index is 0.505. The van der Waals surface area contributed by atoms with Gasteiger partial charge in [-0.2, -0.15) is 0 Å². The van der Waals surface area contributed by atoms with Crippen LogP contribution < -0.4 is 0 Å². The lowest BCUT2D eigenvalue weighted by molar-refractivity contribution is 0.794. The van der Waals surface area contributed by atoms with Crippen molar-refractivity contribution in [3.63, 3.8) is 0 Å². The average Bonchev–Trinajstić information content (AvgIpc) is 3.87. The molecule has 0 atom stereocenters. The van der Waals surface area contributed by atoms with E-state index < -0.39 is 5.41 Å². The molecule has 2 aromatic heterocycles. The Bertz CT molecular complexity index is 3860. The summed E-state index contributed by atoms with van der Waals surface area (Å²) < 4.78 is 0. The van der Waals surface area contributed by atoms with Crippen molar-refractivity contribution in [3.05, 3.63) is 259 Å². The Morgan fingerprint density at radius 2 is 0.701 bits per heavy atom. The van der Waals surface area contributed by atoms with Crippen LogP contribution in [0.2, 0.25) is 0 Å². The highest BCUT2D eigenvalue weighted by atomic mass is 14.8. The maximum atomic E-state index is 5.21. The third-order valence-electron chi connectivity index (χ3n) is 14.4. The van der Waals surface area contributed by atoms with Crippen LogP contribution in [-0.2, 0) is 5.41 Å². The summed E-state index contributed by atoms with van der Waals surface area (Å²) in [6.07, 6.45) is 3.82. The van der Waals surface area contributed by atoms with E-state index in [4.69, 9.17) is 9.97 Å². The fourth-order valence-electron chi connectivity index (χ4n) is 11.6. The first-order valence-electron chi connectivity index (χ1n) is 23.0. The molecule has 12 aromatic rings. The number of pyridine rings is 1. The van der Waals surface area contributed by atoms with E-state index >= 15 is 0 Å². The van der Waals surface area contributed by atoms with Gasteiger partial charge in [-0.1, -0.05) is 194 Å². The highest BCUT2D eigenvalue weighted by Crippen LogP contribution is 2.63. The Morgan fingerprint density at radius 3 is 1.27 bits per heavy atom. The van der Waals surface area contributed by atoms with E-state index in [1.165, 1.54) is 88.3 Å². The molecular formula is C64H39N3. The van der Waals surface area contributed by atoms with Gasteiger partial charge in [0.25, 0.3) is 0 Å². The minimum atomic E-state index is -0.505. The van der Waals surface area contributed by atoms with Crippen molar-refractivity contribution in [1.82, 2.24) is 15.0 Å². The van der Waals surface area contributed by atoms with Gasteiger partial charge in [-0.05, 0) is 130 Å². The maximum Gasteiger partial charge on any atom is 0.0973 e. The number of nitrogens with zero attached hydrogens (tertiary/aromatic N) is 3. The average molecular weight is 850 g/mol. The van der Waals surface area contributed by atoms with Crippen LogP contribution in [0.4, 0.5) is 0 Å². The Kier molecular flexibility index (Phi) is 8.20. The van der Waals surface area contributed by atoms with E-state index in [0.717, 1.165) is 44.7 Å². The van der Waals surface area contributed by atoms with Gasteiger partial charge in [-0.25, -0.2) is 9.97 Å². The molecule has 0 aliphatic heterocycles. The molecule has 0 saturated heterocycles. The van der Waals surface area contributed by atoms with Crippen LogP contribution in [0.5, 0.6) is 0 Å². The SMILES string of the molecule is c1ccc(-c2nc3ccccc3nc2-c2ccc(-c3c4ccccc4c(-c4ccc5c(c4)C4(c6ccccc6-c6ccccc64)c4cc(-c6cccnc6)ccc4-5)c4ccccc34)cc2)cc1. The molecule has 10 aromatic carbocycles. The number of rotatable bonds is 5. The molecule has 14 rings (SSSR count). The molecule has 0 saturated carbocycles. The molecule has 1 spiro atoms. The molecule has 0 fully saturated rings. The highest BCUT2D eigenvalue weighted by molar-refractivity contribution is 6.21. The van der Waals surface area contributed by atoms with Crippen molar-refractivity contribution in [2.45, 2.75) is 5.41 Å². The van der Waals surface area contributed by atoms with Crippen molar-refractivity contribution in [2.24, 2.45) is 0 Å². The largest absolute Gasteiger partial charge is 0.264 e. The van der Waals surface area contributed by atoms with Crippen molar-refractivity contribution in [3.8, 4) is 78.1 Å². The van der Waals surface area contributed by atoms with Gasteiger partial charge < -0.3 is 0 Å². The molecule has 67 heavy (non-hydrogen) atoms. The zero-order valence-electron chi connectivity index (χ0n) is 36.4. The lowest BCUT2D eigenvalue weighted by Crippen LogP contribution is -2.26. The maximum absolute atomic E-state index is 5.21. The molecule has 2 heterocycles. The number of benzene rings is 10. The van der Waals surface area contributed by atoms with Gasteiger partial charge in [-0.3, -0.25) is 4.98 Å². The Labute approximate surface area is 388 Å². The van der Waals surface area contributed by atoms with Gasteiger partial charge in [0, 0.05) is 23.5 Å². The summed E-state index contributed by atoms with van der Waals surface area (Å²) in [6, 6.07) is 82.0. The van der Waals surface area contributed by atoms with E-state index in [0.29, 0.717) is 0 Å². The van der Waals surface area contributed by atoms with Crippen LogP contribution in [0.15, 0.2) is 237 Å². The summed E-state index contributed by atoms with van der Waals surface area (Å²) in [6.45, 7) is 0. The van der Waals surface area contributed by atoms with Crippen LogP contribution in [-0.4, -0.2) is 15.0 Å². The first-order chi connectivity index (χ1) is 33.2. The zero-order chi connectivity index (χ0) is 44.1. The quantitative estimate of drug-likeness (QED) is 0.162. The van der Waals surface area contributed by atoms with Crippen LogP contribution in [0.1, 0.15) is 22.3 Å². The monoisotopic (exact) mass is 849 g/mol. The number of aromatic nitrogens is 3. The first-order valence-corrected chi connectivity index (χ1v) is 23.0. The molecule has 0 radical (unpaired) electrons. The summed E-state index contributed by atoms with van der Waals surface area (Å²) >= 11 is 0. The van der Waals surface area contributed by atoms with E-state index in [1.54, 1.807) is 0 Å². The number of hydrogen-bond donors (Lipinski definition) is 0. The topological polar surface area (TPSA) is 38.7 Å². The molecule has 0 amide bonds. The molecule has 0 unspecified atom stereocenters. The Morgan fingerprint density at radius 1 is 0.284 bits per heavy atom. The summed E-state index contributed by atoms with van der Waals surface area (Å²) in [5, 5.41) is 4.89. The number of fused-ring (bicyclic) bond motifs is 13. The third-order valence-corrected chi connectivity index (χ3v) is 14.4. The fraction of sp³-hybridized carbons (Fsp3) is 0.0156. The van der Waals surface area contributed by atoms with Crippen LogP contribution in [0.3, 0.4) is 0 Å². The molecule has 3 heteroatoms. The molecule has 2 aliphatic carbocycles. The lowest BCUT2D eigenvalue weighted by atomic mass is 9.70. The fourth-order valence-corrected chi connectivity index (χ4v) is 11.6. The molecule has 310 valence electrons. The second kappa shape index (κ2) is 14.6. The van der Waals surface area contributed by atoms with Crippen molar-refractivity contribution in [2.75, 3.05) is 0 Å². The minimum Gasteiger partial charge on any atom is -0.264 e. The zero-order valence-corrected chi connectivity index (χ0v) is 36.4. The van der Waals surface area contributed by atoms with Gasteiger partial charge >= 0.3 is 0 Å². The van der Waals surface area contributed by atoms with Crippen LogP contribution in [0, 0.1) is 0 Å².